The lowest BCUT2D eigenvalue weighted by molar-refractivity contribution is 0.102. The van der Waals surface area contributed by atoms with Crippen LogP contribution >= 0.6 is 11.8 Å². The molecule has 3 aromatic rings. The van der Waals surface area contributed by atoms with Crippen LogP contribution < -0.4 is 17.0 Å². The number of carbonyl (C=O) groups is 1. The number of nitrogens with zero attached hydrogens (tertiary/aromatic N) is 4. The summed E-state index contributed by atoms with van der Waals surface area (Å²) in [6.07, 6.45) is 7.12. The van der Waals surface area contributed by atoms with Gasteiger partial charge in [-0.2, -0.15) is 0 Å². The summed E-state index contributed by atoms with van der Waals surface area (Å²) < 4.78 is 2.17. The van der Waals surface area contributed by atoms with Gasteiger partial charge in [-0.05, 0) is 17.9 Å². The van der Waals surface area contributed by atoms with Gasteiger partial charge in [-0.3, -0.25) is 23.8 Å². The number of hydrogen-bond donors (Lipinski definition) is 2. The number of nitrogen functional groups attached to an aromatic ring is 1. The fraction of sp³-hybridized carbons (Fsp3) is 0.435. The number of benzene rings is 1. The van der Waals surface area contributed by atoms with Crippen LogP contribution in [-0.4, -0.2) is 35.9 Å². The van der Waals surface area contributed by atoms with Crippen LogP contribution in [0.4, 0.5) is 5.82 Å². The van der Waals surface area contributed by atoms with E-state index in [-0.39, 0.29) is 23.7 Å². The van der Waals surface area contributed by atoms with Gasteiger partial charge < -0.3 is 5.73 Å². The van der Waals surface area contributed by atoms with Gasteiger partial charge in [0.25, 0.3) is 5.56 Å². The standard InChI is InChI=1S/C23H28N6O3S/c1-28-21(31)19(20(24)29(23(28)32)13-16-9-3-2-4-10-16)17(30)14-33-22-25-18(26-27-22)12-11-15-7-5-6-8-15/h2-4,9-10,15H,5-8,11-14,24H2,1H3,(H,25,26,27). The van der Waals surface area contributed by atoms with Crippen LogP contribution in [-0.2, 0) is 20.0 Å². The van der Waals surface area contributed by atoms with Crippen molar-refractivity contribution in [3.8, 4) is 0 Å². The third-order valence-corrected chi connectivity index (χ3v) is 7.00. The van der Waals surface area contributed by atoms with E-state index >= 15 is 0 Å². The molecule has 0 bridgehead atoms. The molecular formula is C23H28N6O3S. The Morgan fingerprint density at radius 2 is 1.94 bits per heavy atom. The summed E-state index contributed by atoms with van der Waals surface area (Å²) in [6, 6.07) is 9.26. The number of rotatable bonds is 9. The molecule has 4 rings (SSSR count). The van der Waals surface area contributed by atoms with Crippen LogP contribution in [0.5, 0.6) is 0 Å². The summed E-state index contributed by atoms with van der Waals surface area (Å²) >= 11 is 1.15. The van der Waals surface area contributed by atoms with Gasteiger partial charge in [0.1, 0.15) is 17.2 Å². The maximum absolute atomic E-state index is 12.9. The van der Waals surface area contributed by atoms with Gasteiger partial charge in [0, 0.05) is 13.5 Å². The Bertz CT molecular complexity index is 1240. The van der Waals surface area contributed by atoms with Gasteiger partial charge in [0.15, 0.2) is 5.78 Å². The largest absolute Gasteiger partial charge is 0.384 e. The second-order valence-electron chi connectivity index (χ2n) is 8.44. The molecule has 0 amide bonds. The number of nitrogens with one attached hydrogen (secondary N) is 1. The molecule has 1 aliphatic rings. The molecule has 0 aliphatic heterocycles. The van der Waals surface area contributed by atoms with E-state index in [0.29, 0.717) is 5.16 Å². The minimum atomic E-state index is -0.695. The number of aryl methyl sites for hydroxylation is 1. The number of nitrogens with two attached hydrogens (primary N) is 1. The van der Waals surface area contributed by atoms with E-state index in [2.05, 4.69) is 15.2 Å². The van der Waals surface area contributed by atoms with Crippen LogP contribution in [0.25, 0.3) is 0 Å². The first-order valence-corrected chi connectivity index (χ1v) is 12.1. The Morgan fingerprint density at radius 3 is 2.67 bits per heavy atom. The van der Waals surface area contributed by atoms with Crippen LogP contribution in [0.15, 0.2) is 45.1 Å². The molecule has 1 aromatic carbocycles. The van der Waals surface area contributed by atoms with Crippen LogP contribution in [0.2, 0.25) is 0 Å². The lowest BCUT2D eigenvalue weighted by Crippen LogP contribution is -2.43. The molecule has 2 aromatic heterocycles. The van der Waals surface area contributed by atoms with Crippen molar-refractivity contribution in [3.05, 3.63) is 68.1 Å². The van der Waals surface area contributed by atoms with Crippen molar-refractivity contribution < 1.29 is 4.79 Å². The lowest BCUT2D eigenvalue weighted by Gasteiger charge is -2.14. The van der Waals surface area contributed by atoms with E-state index in [0.717, 1.165) is 46.5 Å². The van der Waals surface area contributed by atoms with Crippen molar-refractivity contribution in [1.29, 1.82) is 0 Å². The number of aromatic nitrogens is 5. The Hall–Kier alpha value is -3.14. The SMILES string of the molecule is Cn1c(=O)c(C(=O)CSc2n[nH]c(CCC3CCCC3)n2)c(N)n(Cc2ccccc2)c1=O. The van der Waals surface area contributed by atoms with E-state index in [1.165, 1.54) is 37.3 Å². The van der Waals surface area contributed by atoms with E-state index in [9.17, 15) is 14.4 Å². The van der Waals surface area contributed by atoms with E-state index in [4.69, 9.17) is 5.73 Å². The van der Waals surface area contributed by atoms with Crippen molar-refractivity contribution in [1.82, 2.24) is 24.3 Å². The topological polar surface area (TPSA) is 129 Å². The molecular weight excluding hydrogens is 440 g/mol. The second-order valence-corrected chi connectivity index (χ2v) is 9.39. The normalized spacial score (nSPS) is 14.1. The highest BCUT2D eigenvalue weighted by Gasteiger charge is 2.22. The molecule has 9 nitrogen and oxygen atoms in total. The summed E-state index contributed by atoms with van der Waals surface area (Å²) in [6.45, 7) is 0.165. The zero-order valence-electron chi connectivity index (χ0n) is 18.6. The van der Waals surface area contributed by atoms with Gasteiger partial charge in [-0.15, -0.1) is 5.10 Å². The highest BCUT2D eigenvalue weighted by atomic mass is 32.2. The maximum atomic E-state index is 12.9. The Balaban J connectivity index is 1.46. The number of anilines is 1. The predicted molar refractivity (Wildman–Crippen MR) is 128 cm³/mol. The van der Waals surface area contributed by atoms with Gasteiger partial charge >= 0.3 is 5.69 Å². The van der Waals surface area contributed by atoms with Gasteiger partial charge in [0.05, 0.1) is 12.3 Å². The fourth-order valence-electron chi connectivity index (χ4n) is 4.26. The molecule has 1 fully saturated rings. The first-order valence-electron chi connectivity index (χ1n) is 11.1. The Kier molecular flexibility index (Phi) is 7.12. The number of ketones is 1. The molecule has 0 saturated heterocycles. The van der Waals surface area contributed by atoms with Gasteiger partial charge in [-0.25, -0.2) is 9.78 Å². The zero-order valence-corrected chi connectivity index (χ0v) is 19.4. The third kappa shape index (κ3) is 5.27. The summed E-state index contributed by atoms with van der Waals surface area (Å²) in [5, 5.41) is 7.58. The highest BCUT2D eigenvalue weighted by Crippen LogP contribution is 2.28. The van der Waals surface area contributed by atoms with Crippen molar-refractivity contribution in [2.75, 3.05) is 11.5 Å². The number of H-pyrrole nitrogens is 1. The fourth-order valence-corrected chi connectivity index (χ4v) is 4.95. The van der Waals surface area contributed by atoms with E-state index in [1.807, 2.05) is 30.3 Å². The average Bonchev–Trinajstić information content (AvgIpc) is 3.50. The molecule has 10 heteroatoms. The molecule has 0 spiro atoms. The van der Waals surface area contributed by atoms with Crippen molar-refractivity contribution in [2.45, 2.75) is 50.2 Å². The van der Waals surface area contributed by atoms with Gasteiger partial charge in [0.2, 0.25) is 5.16 Å². The molecule has 33 heavy (non-hydrogen) atoms. The number of thioether (sulfide) groups is 1. The Labute approximate surface area is 195 Å². The number of aromatic amines is 1. The van der Waals surface area contributed by atoms with Crippen LogP contribution in [0, 0.1) is 5.92 Å². The molecule has 3 N–H and O–H groups in total. The summed E-state index contributed by atoms with van der Waals surface area (Å²) in [5.74, 6) is 0.937. The molecule has 1 aliphatic carbocycles. The van der Waals surface area contributed by atoms with Crippen molar-refractivity contribution in [2.24, 2.45) is 13.0 Å². The molecule has 0 unspecified atom stereocenters. The predicted octanol–water partition coefficient (Wildman–Crippen LogP) is 2.39. The van der Waals surface area contributed by atoms with Crippen molar-refractivity contribution >= 4 is 23.4 Å². The highest BCUT2D eigenvalue weighted by molar-refractivity contribution is 7.99. The van der Waals surface area contributed by atoms with E-state index < -0.39 is 17.0 Å². The first kappa shape index (κ1) is 23.0. The third-order valence-electron chi connectivity index (χ3n) is 6.15. The van der Waals surface area contributed by atoms with Gasteiger partial charge in [-0.1, -0.05) is 67.8 Å². The minimum absolute atomic E-state index is 0.0527. The second kappa shape index (κ2) is 10.2. The number of carbonyl (C=O) groups excluding carboxylic acids is 1. The molecule has 0 atom stereocenters. The molecule has 174 valence electrons. The smallest absolute Gasteiger partial charge is 0.332 e. The first-order chi connectivity index (χ1) is 15.9. The quantitative estimate of drug-likeness (QED) is 0.364. The van der Waals surface area contributed by atoms with E-state index in [1.54, 1.807) is 0 Å². The number of Topliss-reactive ketones (excluding diaryl/α,β-unsaturated/α-hetero) is 1. The summed E-state index contributed by atoms with van der Waals surface area (Å²) in [7, 11) is 1.35. The van der Waals surface area contributed by atoms with Crippen LogP contribution in [0.1, 0.15) is 53.8 Å². The summed E-state index contributed by atoms with van der Waals surface area (Å²) in [5.41, 5.74) is 5.55. The molecule has 2 heterocycles. The molecule has 0 radical (unpaired) electrons. The van der Waals surface area contributed by atoms with Crippen LogP contribution in [0.3, 0.4) is 0 Å². The summed E-state index contributed by atoms with van der Waals surface area (Å²) in [4.78, 5) is 42.7. The monoisotopic (exact) mass is 468 g/mol. The Morgan fingerprint density at radius 1 is 1.21 bits per heavy atom. The average molecular weight is 469 g/mol. The zero-order chi connectivity index (χ0) is 23.4. The number of hydrogen-bond acceptors (Lipinski definition) is 7. The lowest BCUT2D eigenvalue weighted by atomic mass is 10.0. The minimum Gasteiger partial charge on any atom is -0.384 e. The molecule has 1 saturated carbocycles. The van der Waals surface area contributed by atoms with Crippen molar-refractivity contribution in [3.63, 3.8) is 0 Å². The maximum Gasteiger partial charge on any atom is 0.332 e.